The van der Waals surface area contributed by atoms with E-state index in [1.165, 1.54) is 332 Å². The molecule has 0 bridgehead atoms. The Bertz CT molecular complexity index is 2880. The van der Waals surface area contributed by atoms with Gasteiger partial charge in [-0.05, 0) is 153 Å². The normalized spacial score (nSPS) is 11.8. The number of hydrogen-bond acceptors (Lipinski definition) is 14. The van der Waals surface area contributed by atoms with Gasteiger partial charge in [-0.15, -0.1) is 0 Å². The van der Waals surface area contributed by atoms with Crippen molar-refractivity contribution in [1.82, 2.24) is 0 Å². The van der Waals surface area contributed by atoms with Crippen molar-refractivity contribution >= 4 is 81.9 Å². The quantitative estimate of drug-likeness (QED) is 0.0150. The summed E-state index contributed by atoms with van der Waals surface area (Å²) in [6.45, 7) is 9.51. The number of allylic oxidation sites excluding steroid dienone is 8. The molecule has 0 fully saturated rings. The zero-order valence-electron chi connectivity index (χ0n) is 78.1. The van der Waals surface area contributed by atoms with Crippen LogP contribution >= 0.6 is 0 Å². The second-order valence-electron chi connectivity index (χ2n) is 34.2. The molecular formula is C104H178CaO14S2. The molecule has 14 nitrogen and oxygen atoms in total. The van der Waals surface area contributed by atoms with E-state index in [0.717, 1.165) is 141 Å². The van der Waals surface area contributed by atoms with Gasteiger partial charge in [-0.2, -0.15) is 0 Å². The van der Waals surface area contributed by atoms with E-state index < -0.39 is 65.0 Å². The fraction of sp³-hybridized carbons (Fsp3) is 0.769. The third kappa shape index (κ3) is 73.0. The summed E-state index contributed by atoms with van der Waals surface area (Å²) in [5.41, 5.74) is -1.59. The third-order valence-corrected chi connectivity index (χ3v) is 24.8. The van der Waals surface area contributed by atoms with E-state index in [1.54, 1.807) is 0 Å². The average molecular weight is 1760 g/mol. The molecule has 0 amide bonds. The van der Waals surface area contributed by atoms with Crippen LogP contribution in [0.3, 0.4) is 0 Å². The molecule has 0 spiro atoms. The Morgan fingerprint density at radius 1 is 0.231 bits per heavy atom. The maximum atomic E-state index is 13.1. The van der Waals surface area contributed by atoms with Crippen molar-refractivity contribution in [2.75, 3.05) is 26.4 Å². The van der Waals surface area contributed by atoms with Crippen molar-refractivity contribution in [2.45, 2.75) is 500 Å². The molecule has 2 rings (SSSR count). The van der Waals surface area contributed by atoms with Crippen LogP contribution in [0.4, 0.5) is 0 Å². The Kier molecular flexibility index (Phi) is 85.7. The summed E-state index contributed by atoms with van der Waals surface area (Å²) in [4.78, 5) is 50.5. The van der Waals surface area contributed by atoms with Crippen LogP contribution in [0.15, 0.2) is 94.8 Å². The molecule has 0 unspecified atom stereocenters. The molecule has 0 heterocycles. The Balaban J connectivity index is 0.00000236. The number of rotatable bonds is 86. The molecule has 2 aromatic rings. The van der Waals surface area contributed by atoms with Crippen molar-refractivity contribution in [1.29, 1.82) is 0 Å². The summed E-state index contributed by atoms with van der Waals surface area (Å²) in [7, 11) is -10.1. The molecule has 0 saturated carbocycles. The fourth-order valence-corrected chi connectivity index (χ4v) is 16.8. The van der Waals surface area contributed by atoms with Crippen molar-refractivity contribution in [3.05, 3.63) is 107 Å². The largest absolute Gasteiger partial charge is 2.00 e. The molecule has 0 aromatic heterocycles. The maximum absolute atomic E-state index is 13.1. The van der Waals surface area contributed by atoms with Gasteiger partial charge >= 0.3 is 61.6 Å². The topological polar surface area (TPSA) is 220 Å². The van der Waals surface area contributed by atoms with E-state index in [1.807, 2.05) is 0 Å². The van der Waals surface area contributed by atoms with Gasteiger partial charge in [0.15, 0.2) is 0 Å². The molecule has 0 atom stereocenters. The van der Waals surface area contributed by atoms with Crippen LogP contribution in [0.25, 0.3) is 0 Å². The Morgan fingerprint density at radius 2 is 0.380 bits per heavy atom. The maximum Gasteiger partial charge on any atom is 2.00 e. The first-order chi connectivity index (χ1) is 58.6. The van der Waals surface area contributed by atoms with Crippen molar-refractivity contribution < 1.29 is 64.1 Å². The summed E-state index contributed by atoms with van der Waals surface area (Å²) < 4.78 is 93.7. The molecule has 121 heavy (non-hydrogen) atoms. The number of carbonyl (C=O) groups is 4. The Labute approximate surface area is 773 Å². The molecule has 2 aromatic carbocycles. The van der Waals surface area contributed by atoms with Crippen LogP contribution in [-0.2, 0) is 39.2 Å². The van der Waals surface area contributed by atoms with Gasteiger partial charge in [0.25, 0.3) is 0 Å². The molecular weight excluding hydrogens is 1580 g/mol. The van der Waals surface area contributed by atoms with Crippen LogP contribution in [0.2, 0.25) is 0 Å². The van der Waals surface area contributed by atoms with E-state index in [0.29, 0.717) is 25.7 Å². The van der Waals surface area contributed by atoms with Crippen LogP contribution in [0, 0.1) is 0 Å². The number of unbranched alkanes of at least 4 members (excludes halogenated alkanes) is 64. The van der Waals surface area contributed by atoms with Gasteiger partial charge in [0, 0.05) is 0 Å². The fourth-order valence-electron chi connectivity index (χ4n) is 15.4. The minimum atomic E-state index is -5.03. The molecule has 0 N–H and O–H groups in total. The van der Waals surface area contributed by atoms with Gasteiger partial charge in [-0.1, -0.05) is 422 Å². The first kappa shape index (κ1) is 117. The van der Waals surface area contributed by atoms with Gasteiger partial charge in [0.1, 0.15) is 20.2 Å². The summed E-state index contributed by atoms with van der Waals surface area (Å²) >= 11 is 0. The second-order valence-corrected chi connectivity index (χ2v) is 36.9. The predicted molar refractivity (Wildman–Crippen MR) is 507 cm³/mol. The standard InChI is InChI=1S/2C52H90O7S.Ca/c2*1-3-5-7-9-11-13-15-17-19-21-23-25-27-29-31-33-35-37-39-41-46-58-51(53)48-44-43-45-49(60(55,56)57)50(48)52(54)59-47-42-40-38-36-34-32-30-28-26-24-22-20-18-16-14-12-10-8-6-4-2;/h2*29-32,43-45H,3-28,33-42,46-47H2,1-2H3,(H,55,56,57);/q;;+2/p-2/b2*31-29+,32-30+;. The van der Waals surface area contributed by atoms with Crippen molar-refractivity contribution in [3.8, 4) is 0 Å². The summed E-state index contributed by atoms with van der Waals surface area (Å²) in [6.07, 6.45) is 107. The Morgan fingerprint density at radius 3 is 0.545 bits per heavy atom. The molecule has 0 saturated heterocycles. The van der Waals surface area contributed by atoms with Crippen LogP contribution < -0.4 is 0 Å². The zero-order chi connectivity index (χ0) is 87.2. The van der Waals surface area contributed by atoms with E-state index in [4.69, 9.17) is 18.9 Å². The molecule has 692 valence electrons. The minimum Gasteiger partial charge on any atom is -0.744 e. The van der Waals surface area contributed by atoms with Gasteiger partial charge in [-0.25, -0.2) is 36.0 Å². The van der Waals surface area contributed by atoms with Crippen LogP contribution in [0.1, 0.15) is 531 Å². The first-order valence-electron chi connectivity index (χ1n) is 50.1. The van der Waals surface area contributed by atoms with E-state index in [2.05, 4.69) is 76.3 Å². The number of ether oxygens (including phenoxy) is 4. The summed E-state index contributed by atoms with van der Waals surface area (Å²) in [5, 5.41) is 0. The average Bonchev–Trinajstić information content (AvgIpc) is 0.796. The van der Waals surface area contributed by atoms with Crippen LogP contribution in [-0.4, -0.2) is 114 Å². The van der Waals surface area contributed by atoms with Crippen molar-refractivity contribution in [2.24, 2.45) is 0 Å². The van der Waals surface area contributed by atoms with Gasteiger partial charge in [0.2, 0.25) is 0 Å². The van der Waals surface area contributed by atoms with Gasteiger partial charge in [0.05, 0.1) is 58.5 Å². The van der Waals surface area contributed by atoms with E-state index >= 15 is 0 Å². The van der Waals surface area contributed by atoms with Gasteiger partial charge in [-0.3, -0.25) is 0 Å². The predicted octanol–water partition coefficient (Wildman–Crippen LogP) is 31.8. The van der Waals surface area contributed by atoms with Gasteiger partial charge < -0.3 is 28.1 Å². The third-order valence-electron chi connectivity index (χ3n) is 23.0. The monoisotopic (exact) mass is 1760 g/mol. The van der Waals surface area contributed by atoms with Crippen molar-refractivity contribution in [3.63, 3.8) is 0 Å². The number of hydrogen-bond donors (Lipinski definition) is 0. The summed E-state index contributed by atoms with van der Waals surface area (Å²) in [5.74, 6) is -3.66. The molecule has 0 aliphatic carbocycles. The number of carbonyl (C=O) groups excluding carboxylic acids is 4. The van der Waals surface area contributed by atoms with E-state index in [-0.39, 0.29) is 75.3 Å². The first-order valence-corrected chi connectivity index (χ1v) is 52.9. The molecule has 0 aliphatic heterocycles. The molecule has 0 aliphatic rings. The Hall–Kier alpha value is -3.64. The second kappa shape index (κ2) is 88.4. The summed E-state index contributed by atoms with van der Waals surface area (Å²) in [6, 6.07) is 7.24. The molecule has 0 radical (unpaired) electrons. The smallest absolute Gasteiger partial charge is 0.744 e. The molecule has 17 heteroatoms. The number of esters is 4. The number of benzene rings is 2. The SMILES string of the molecule is CCCCCCCCCCCCCC/C=C/CCCCCCOC(=O)c1cccc(S(=O)(=O)[O-])c1C(=O)OCCCCCC/C=C/CCCCCCCCCCCCCC.CCCCCCCCCCCCCC/C=C/CCCCCCOC(=O)c1cccc(S(=O)(=O)[O-])c1C(=O)OCCCCCC/C=C/CCCCCCCCCCCCCC.[Ca+2]. The van der Waals surface area contributed by atoms with Crippen LogP contribution in [0.5, 0.6) is 0 Å². The zero-order valence-corrected chi connectivity index (χ0v) is 81.9. The minimum absolute atomic E-state index is 0. The van der Waals surface area contributed by atoms with E-state index in [9.17, 15) is 45.1 Å².